The Morgan fingerprint density at radius 3 is 2.58 bits per heavy atom. The van der Waals surface area contributed by atoms with Gasteiger partial charge in [-0.3, -0.25) is 10.1 Å². The standard InChI is InChI=1S/C13H23NO5/c1-3-4-5-6-19-10(16)7-9-12(17)11(8(2)15)13(18)14-9/h9,12-15,17-18H,3-7H2,1-2H3/b11-8-. The molecule has 0 spiro atoms. The number of carbonyl (C=O) groups is 1. The van der Waals surface area contributed by atoms with Crippen LogP contribution in [0, 0.1) is 0 Å². The predicted octanol–water partition coefficient (Wildman–Crippen LogP) is 0.593. The number of unbranched alkanes of at least 4 members (excludes halogenated alkanes) is 2. The summed E-state index contributed by atoms with van der Waals surface area (Å²) in [6.45, 7) is 3.82. The average molecular weight is 273 g/mol. The van der Waals surface area contributed by atoms with Crippen molar-refractivity contribution in [2.45, 2.75) is 57.9 Å². The fraction of sp³-hybridized carbons (Fsp3) is 0.769. The molecule has 3 atom stereocenters. The van der Waals surface area contributed by atoms with Crippen LogP contribution in [0.3, 0.4) is 0 Å². The van der Waals surface area contributed by atoms with Crippen LogP contribution in [0.15, 0.2) is 11.3 Å². The highest BCUT2D eigenvalue weighted by Crippen LogP contribution is 2.23. The summed E-state index contributed by atoms with van der Waals surface area (Å²) in [6, 6.07) is -0.634. The number of nitrogens with one attached hydrogen (secondary N) is 1. The van der Waals surface area contributed by atoms with Gasteiger partial charge in [-0.25, -0.2) is 0 Å². The first-order chi connectivity index (χ1) is 8.97. The monoisotopic (exact) mass is 273 g/mol. The zero-order valence-corrected chi connectivity index (χ0v) is 11.4. The highest BCUT2D eigenvalue weighted by molar-refractivity contribution is 5.70. The van der Waals surface area contributed by atoms with Gasteiger partial charge in [0.2, 0.25) is 0 Å². The number of rotatable bonds is 6. The van der Waals surface area contributed by atoms with Crippen LogP contribution < -0.4 is 5.32 Å². The summed E-state index contributed by atoms with van der Waals surface area (Å²) in [7, 11) is 0. The molecular formula is C13H23NO5. The molecule has 0 aromatic carbocycles. The summed E-state index contributed by atoms with van der Waals surface area (Å²) < 4.78 is 5.04. The number of hydrogen-bond acceptors (Lipinski definition) is 6. The molecule has 0 radical (unpaired) electrons. The van der Waals surface area contributed by atoms with Gasteiger partial charge in [0.25, 0.3) is 0 Å². The molecule has 1 saturated heterocycles. The van der Waals surface area contributed by atoms with Crippen molar-refractivity contribution in [1.82, 2.24) is 5.32 Å². The fourth-order valence-corrected chi connectivity index (χ4v) is 2.12. The van der Waals surface area contributed by atoms with Crippen molar-refractivity contribution in [2.75, 3.05) is 6.61 Å². The molecule has 0 aliphatic carbocycles. The summed E-state index contributed by atoms with van der Waals surface area (Å²) >= 11 is 0. The van der Waals surface area contributed by atoms with Crippen LogP contribution in [-0.2, 0) is 9.53 Å². The van der Waals surface area contributed by atoms with Crippen molar-refractivity contribution < 1.29 is 24.9 Å². The van der Waals surface area contributed by atoms with E-state index < -0.39 is 24.3 Å². The van der Waals surface area contributed by atoms with Crippen LogP contribution in [0.2, 0.25) is 0 Å². The van der Waals surface area contributed by atoms with E-state index in [2.05, 4.69) is 12.2 Å². The molecule has 6 nitrogen and oxygen atoms in total. The van der Waals surface area contributed by atoms with Gasteiger partial charge in [0.05, 0.1) is 30.9 Å². The Kier molecular flexibility index (Phi) is 6.27. The second kappa shape index (κ2) is 7.47. The lowest BCUT2D eigenvalue weighted by molar-refractivity contribution is -0.144. The highest BCUT2D eigenvalue weighted by Gasteiger charge is 2.39. The molecule has 0 bridgehead atoms. The third-order valence-electron chi connectivity index (χ3n) is 3.18. The van der Waals surface area contributed by atoms with E-state index in [1.165, 1.54) is 6.92 Å². The summed E-state index contributed by atoms with van der Waals surface area (Å²) in [5, 5.41) is 31.5. The Balaban J connectivity index is 2.42. The first kappa shape index (κ1) is 15.9. The fourth-order valence-electron chi connectivity index (χ4n) is 2.12. The number of ether oxygens (including phenoxy) is 1. The van der Waals surface area contributed by atoms with Crippen molar-refractivity contribution in [3.63, 3.8) is 0 Å². The largest absolute Gasteiger partial charge is 0.512 e. The topological polar surface area (TPSA) is 99.0 Å². The maximum Gasteiger partial charge on any atom is 0.307 e. The Bertz CT molecular complexity index is 338. The normalized spacial score (nSPS) is 29.4. The van der Waals surface area contributed by atoms with Crippen molar-refractivity contribution in [3.8, 4) is 0 Å². The number of aliphatic hydroxyl groups is 3. The van der Waals surface area contributed by atoms with E-state index in [0.29, 0.717) is 6.61 Å². The minimum atomic E-state index is -1.13. The van der Waals surface area contributed by atoms with E-state index in [0.717, 1.165) is 19.3 Å². The maximum absolute atomic E-state index is 11.6. The van der Waals surface area contributed by atoms with Crippen LogP contribution in [0.1, 0.15) is 39.5 Å². The predicted molar refractivity (Wildman–Crippen MR) is 69.4 cm³/mol. The van der Waals surface area contributed by atoms with E-state index in [1.54, 1.807) is 0 Å². The van der Waals surface area contributed by atoms with Gasteiger partial charge in [-0.2, -0.15) is 0 Å². The molecule has 1 rings (SSSR count). The lowest BCUT2D eigenvalue weighted by Gasteiger charge is -2.14. The number of aliphatic hydroxyl groups excluding tert-OH is 3. The molecule has 1 fully saturated rings. The SMILES string of the molecule is CCCCCOC(=O)CC1NC(O)/C(=C(/C)O)C1O. The van der Waals surface area contributed by atoms with Gasteiger partial charge in [-0.15, -0.1) is 0 Å². The van der Waals surface area contributed by atoms with Gasteiger partial charge in [0.1, 0.15) is 6.23 Å². The smallest absolute Gasteiger partial charge is 0.307 e. The van der Waals surface area contributed by atoms with E-state index in [4.69, 9.17) is 4.74 Å². The molecule has 6 heteroatoms. The Hall–Kier alpha value is -1.11. The molecule has 1 aliphatic heterocycles. The van der Waals surface area contributed by atoms with Crippen molar-refractivity contribution in [3.05, 3.63) is 11.3 Å². The molecule has 3 unspecified atom stereocenters. The number of carbonyl (C=O) groups excluding carboxylic acids is 1. The number of hydrogen-bond donors (Lipinski definition) is 4. The minimum Gasteiger partial charge on any atom is -0.512 e. The molecule has 1 heterocycles. The molecule has 0 amide bonds. The first-order valence-electron chi connectivity index (χ1n) is 6.64. The lowest BCUT2D eigenvalue weighted by Crippen LogP contribution is -2.35. The summed E-state index contributed by atoms with van der Waals surface area (Å²) in [4.78, 5) is 11.6. The van der Waals surface area contributed by atoms with E-state index in [-0.39, 0.29) is 17.8 Å². The van der Waals surface area contributed by atoms with Crippen molar-refractivity contribution in [2.24, 2.45) is 0 Å². The van der Waals surface area contributed by atoms with Gasteiger partial charge < -0.3 is 20.1 Å². The molecule has 19 heavy (non-hydrogen) atoms. The molecule has 0 saturated carbocycles. The lowest BCUT2D eigenvalue weighted by atomic mass is 10.0. The Labute approximate surface area is 113 Å². The molecule has 0 aromatic heterocycles. The van der Waals surface area contributed by atoms with Crippen LogP contribution >= 0.6 is 0 Å². The van der Waals surface area contributed by atoms with Gasteiger partial charge in [0, 0.05) is 5.57 Å². The summed E-state index contributed by atoms with van der Waals surface area (Å²) in [5.74, 6) is -0.553. The van der Waals surface area contributed by atoms with Gasteiger partial charge in [0.15, 0.2) is 0 Å². The Morgan fingerprint density at radius 1 is 1.37 bits per heavy atom. The molecule has 1 aliphatic rings. The highest BCUT2D eigenvalue weighted by atomic mass is 16.5. The molecular weight excluding hydrogens is 250 g/mol. The van der Waals surface area contributed by atoms with Crippen molar-refractivity contribution >= 4 is 5.97 Å². The number of esters is 1. The zero-order valence-electron chi connectivity index (χ0n) is 11.4. The minimum absolute atomic E-state index is 0.0405. The second-order valence-electron chi connectivity index (χ2n) is 4.79. The Morgan fingerprint density at radius 2 is 2.05 bits per heavy atom. The van der Waals surface area contributed by atoms with Crippen LogP contribution in [-0.4, -0.2) is 46.3 Å². The van der Waals surface area contributed by atoms with Crippen LogP contribution in [0.4, 0.5) is 0 Å². The summed E-state index contributed by atoms with van der Waals surface area (Å²) in [5.41, 5.74) is 0.115. The van der Waals surface area contributed by atoms with Crippen molar-refractivity contribution in [1.29, 1.82) is 0 Å². The average Bonchev–Trinajstić information content (AvgIpc) is 2.60. The quantitative estimate of drug-likeness (QED) is 0.321. The van der Waals surface area contributed by atoms with Gasteiger partial charge >= 0.3 is 5.97 Å². The first-order valence-corrected chi connectivity index (χ1v) is 6.64. The molecule has 4 N–H and O–H groups in total. The van der Waals surface area contributed by atoms with Crippen LogP contribution in [0.5, 0.6) is 0 Å². The third-order valence-corrected chi connectivity index (χ3v) is 3.18. The van der Waals surface area contributed by atoms with E-state index in [9.17, 15) is 20.1 Å². The van der Waals surface area contributed by atoms with E-state index in [1.807, 2.05) is 0 Å². The van der Waals surface area contributed by atoms with Crippen LogP contribution in [0.25, 0.3) is 0 Å². The summed E-state index contributed by atoms with van der Waals surface area (Å²) in [6.07, 6.45) is 0.637. The zero-order chi connectivity index (χ0) is 14.4. The van der Waals surface area contributed by atoms with E-state index >= 15 is 0 Å². The molecule has 110 valence electrons. The molecule has 0 aromatic rings. The van der Waals surface area contributed by atoms with Gasteiger partial charge in [-0.1, -0.05) is 19.8 Å². The second-order valence-corrected chi connectivity index (χ2v) is 4.79. The maximum atomic E-state index is 11.6. The third kappa shape index (κ3) is 4.49. The number of allylic oxidation sites excluding steroid dienone is 1. The van der Waals surface area contributed by atoms with Gasteiger partial charge in [-0.05, 0) is 13.3 Å².